The maximum absolute atomic E-state index is 10.9. The Balaban J connectivity index is 2.74. The van der Waals surface area contributed by atoms with E-state index in [2.05, 4.69) is 15.3 Å². The van der Waals surface area contributed by atoms with Gasteiger partial charge in [0.15, 0.2) is 5.03 Å². The van der Waals surface area contributed by atoms with Crippen LogP contribution < -0.4 is 5.32 Å². The van der Waals surface area contributed by atoms with E-state index in [0.29, 0.717) is 17.6 Å². The summed E-state index contributed by atoms with van der Waals surface area (Å²) in [5.41, 5.74) is -0.0514. The molecule has 0 saturated heterocycles. The molecule has 0 bridgehead atoms. The SMILES string of the molecule is CCCNc1ncc([N+](=O)[O-])c(SCCCOC)n1. The first-order valence-corrected chi connectivity index (χ1v) is 7.04. The van der Waals surface area contributed by atoms with Gasteiger partial charge in [0, 0.05) is 26.0 Å². The van der Waals surface area contributed by atoms with E-state index in [1.807, 2.05) is 6.92 Å². The third-order valence-electron chi connectivity index (χ3n) is 2.20. The summed E-state index contributed by atoms with van der Waals surface area (Å²) in [5.74, 6) is 1.15. The van der Waals surface area contributed by atoms with E-state index in [1.165, 1.54) is 18.0 Å². The van der Waals surface area contributed by atoms with Crippen LogP contribution in [-0.2, 0) is 4.74 Å². The minimum atomic E-state index is -0.456. The fraction of sp³-hybridized carbons (Fsp3) is 0.636. The summed E-state index contributed by atoms with van der Waals surface area (Å²) in [4.78, 5) is 18.6. The first-order valence-electron chi connectivity index (χ1n) is 6.06. The van der Waals surface area contributed by atoms with Crippen molar-refractivity contribution in [2.75, 3.05) is 31.3 Å². The molecule has 1 N–H and O–H groups in total. The van der Waals surface area contributed by atoms with Gasteiger partial charge in [-0.05, 0) is 12.8 Å². The molecular formula is C11H18N4O3S. The summed E-state index contributed by atoms with van der Waals surface area (Å²) in [6.07, 6.45) is 3.01. The molecule has 1 rings (SSSR count). The molecule has 19 heavy (non-hydrogen) atoms. The third kappa shape index (κ3) is 5.39. The lowest BCUT2D eigenvalue weighted by atomic mass is 10.5. The van der Waals surface area contributed by atoms with E-state index in [1.54, 1.807) is 7.11 Å². The Hall–Kier alpha value is -1.41. The number of hydrogen-bond acceptors (Lipinski definition) is 7. The quantitative estimate of drug-likeness (QED) is 0.245. The van der Waals surface area contributed by atoms with Gasteiger partial charge in [0.25, 0.3) is 0 Å². The molecule has 0 unspecified atom stereocenters. The average Bonchev–Trinajstić information content (AvgIpc) is 2.41. The predicted molar refractivity (Wildman–Crippen MR) is 74.7 cm³/mol. The molecule has 0 saturated carbocycles. The maximum atomic E-state index is 10.9. The van der Waals surface area contributed by atoms with Crippen molar-refractivity contribution in [3.05, 3.63) is 16.3 Å². The smallest absolute Gasteiger partial charge is 0.319 e. The molecule has 0 amide bonds. The molecule has 0 aliphatic rings. The van der Waals surface area contributed by atoms with Crippen molar-refractivity contribution in [3.63, 3.8) is 0 Å². The largest absolute Gasteiger partial charge is 0.385 e. The Labute approximate surface area is 116 Å². The van der Waals surface area contributed by atoms with Gasteiger partial charge in [0.2, 0.25) is 5.95 Å². The zero-order valence-electron chi connectivity index (χ0n) is 11.1. The van der Waals surface area contributed by atoms with E-state index in [-0.39, 0.29) is 5.69 Å². The molecule has 0 spiro atoms. The molecule has 0 radical (unpaired) electrons. The number of anilines is 1. The van der Waals surface area contributed by atoms with E-state index < -0.39 is 4.92 Å². The molecule has 8 heteroatoms. The lowest BCUT2D eigenvalue weighted by Crippen LogP contribution is -2.06. The zero-order valence-corrected chi connectivity index (χ0v) is 11.9. The number of hydrogen-bond donors (Lipinski definition) is 1. The Kier molecular flexibility index (Phi) is 7.12. The van der Waals surface area contributed by atoms with Gasteiger partial charge in [-0.3, -0.25) is 10.1 Å². The third-order valence-corrected chi connectivity index (χ3v) is 3.26. The topological polar surface area (TPSA) is 90.2 Å². The Morgan fingerprint density at radius 1 is 1.58 bits per heavy atom. The highest BCUT2D eigenvalue weighted by Crippen LogP contribution is 2.27. The lowest BCUT2D eigenvalue weighted by molar-refractivity contribution is -0.388. The molecule has 0 aliphatic carbocycles. The standard InChI is InChI=1S/C11H18N4O3S/c1-3-5-12-11-13-8-9(15(16)17)10(14-11)19-7-4-6-18-2/h8H,3-7H2,1-2H3,(H,12,13,14). The van der Waals surface area contributed by atoms with E-state index in [9.17, 15) is 10.1 Å². The highest BCUT2D eigenvalue weighted by molar-refractivity contribution is 7.99. The molecule has 0 atom stereocenters. The Bertz CT molecular complexity index is 417. The van der Waals surface area contributed by atoms with Crippen molar-refractivity contribution in [3.8, 4) is 0 Å². The van der Waals surface area contributed by atoms with Crippen LogP contribution in [0.5, 0.6) is 0 Å². The highest BCUT2D eigenvalue weighted by atomic mass is 32.2. The van der Waals surface area contributed by atoms with E-state index in [4.69, 9.17) is 4.74 Å². The average molecular weight is 286 g/mol. The number of nitrogens with one attached hydrogen (secondary N) is 1. The van der Waals surface area contributed by atoms with Crippen molar-refractivity contribution in [1.82, 2.24) is 9.97 Å². The van der Waals surface area contributed by atoms with Gasteiger partial charge in [-0.15, -0.1) is 0 Å². The minimum Gasteiger partial charge on any atom is -0.385 e. The van der Waals surface area contributed by atoms with Crippen molar-refractivity contribution in [2.45, 2.75) is 24.8 Å². The minimum absolute atomic E-state index is 0.0514. The van der Waals surface area contributed by atoms with Gasteiger partial charge in [0.1, 0.15) is 6.20 Å². The summed E-state index contributed by atoms with van der Waals surface area (Å²) in [5, 5.41) is 14.3. The monoisotopic (exact) mass is 286 g/mol. The number of rotatable bonds is 9. The summed E-state index contributed by atoms with van der Waals surface area (Å²) in [6, 6.07) is 0. The van der Waals surface area contributed by atoms with Crippen LogP contribution in [0, 0.1) is 10.1 Å². The molecule has 1 heterocycles. The fourth-order valence-corrected chi connectivity index (χ4v) is 2.17. The molecule has 106 valence electrons. The van der Waals surface area contributed by atoms with Crippen LogP contribution >= 0.6 is 11.8 Å². The van der Waals surface area contributed by atoms with Crippen LogP contribution in [0.4, 0.5) is 11.6 Å². The first-order chi connectivity index (χ1) is 9.19. The molecule has 0 aromatic carbocycles. The summed E-state index contributed by atoms with van der Waals surface area (Å²) < 4.78 is 4.94. The first kappa shape index (κ1) is 15.6. The molecule has 1 aromatic rings. The van der Waals surface area contributed by atoms with Crippen LogP contribution in [0.15, 0.2) is 11.2 Å². The second-order valence-electron chi connectivity index (χ2n) is 3.76. The van der Waals surface area contributed by atoms with Gasteiger partial charge < -0.3 is 10.1 Å². The molecular weight excluding hydrogens is 268 g/mol. The number of methoxy groups -OCH3 is 1. The molecule has 0 aliphatic heterocycles. The number of nitrogens with zero attached hydrogens (tertiary/aromatic N) is 3. The van der Waals surface area contributed by atoms with Gasteiger partial charge in [-0.25, -0.2) is 4.98 Å². The number of thioether (sulfide) groups is 1. The molecule has 0 fully saturated rings. The molecule has 1 aromatic heterocycles. The van der Waals surface area contributed by atoms with Gasteiger partial charge >= 0.3 is 5.69 Å². The number of aromatic nitrogens is 2. The summed E-state index contributed by atoms with van der Waals surface area (Å²) in [6.45, 7) is 3.40. The van der Waals surface area contributed by atoms with E-state index in [0.717, 1.165) is 25.1 Å². The van der Waals surface area contributed by atoms with Crippen molar-refractivity contribution < 1.29 is 9.66 Å². The number of ether oxygens (including phenoxy) is 1. The van der Waals surface area contributed by atoms with Gasteiger partial charge in [0.05, 0.1) is 4.92 Å². The van der Waals surface area contributed by atoms with E-state index >= 15 is 0 Å². The highest BCUT2D eigenvalue weighted by Gasteiger charge is 2.17. The lowest BCUT2D eigenvalue weighted by Gasteiger charge is -2.06. The van der Waals surface area contributed by atoms with Crippen LogP contribution in [0.25, 0.3) is 0 Å². The predicted octanol–water partition coefficient (Wildman–Crippen LogP) is 2.34. The summed E-state index contributed by atoms with van der Waals surface area (Å²) in [7, 11) is 1.63. The fourth-order valence-electron chi connectivity index (χ4n) is 1.29. The summed E-state index contributed by atoms with van der Waals surface area (Å²) >= 11 is 1.35. The van der Waals surface area contributed by atoms with Crippen molar-refractivity contribution >= 4 is 23.4 Å². The maximum Gasteiger partial charge on any atom is 0.319 e. The van der Waals surface area contributed by atoms with Crippen molar-refractivity contribution in [2.24, 2.45) is 0 Å². The molecule has 7 nitrogen and oxygen atoms in total. The number of nitro groups is 1. The van der Waals surface area contributed by atoms with Gasteiger partial charge in [-0.2, -0.15) is 4.98 Å². The van der Waals surface area contributed by atoms with Crippen LogP contribution in [0.3, 0.4) is 0 Å². The van der Waals surface area contributed by atoms with Crippen LogP contribution in [-0.4, -0.2) is 40.9 Å². The van der Waals surface area contributed by atoms with Crippen molar-refractivity contribution in [1.29, 1.82) is 0 Å². The zero-order chi connectivity index (χ0) is 14.1. The second kappa shape index (κ2) is 8.65. The van der Waals surface area contributed by atoms with Gasteiger partial charge in [-0.1, -0.05) is 18.7 Å². The Morgan fingerprint density at radius 3 is 3.00 bits per heavy atom. The second-order valence-corrected chi connectivity index (χ2v) is 4.85. The van der Waals surface area contributed by atoms with Crippen LogP contribution in [0.1, 0.15) is 19.8 Å². The van der Waals surface area contributed by atoms with Crippen LogP contribution in [0.2, 0.25) is 0 Å². The normalized spacial score (nSPS) is 10.4. The Morgan fingerprint density at radius 2 is 2.37 bits per heavy atom.